The number of nitrogens with zero attached hydrogens (tertiary/aromatic N) is 2. The first-order valence-electron chi connectivity index (χ1n) is 7.90. The highest BCUT2D eigenvalue weighted by molar-refractivity contribution is 5.49. The van der Waals surface area contributed by atoms with E-state index in [-0.39, 0.29) is 0 Å². The Morgan fingerprint density at radius 2 is 2.05 bits per heavy atom. The maximum atomic E-state index is 5.04. The van der Waals surface area contributed by atoms with Crippen molar-refractivity contribution in [3.05, 3.63) is 29.8 Å². The Balaban J connectivity index is 1.88. The van der Waals surface area contributed by atoms with E-state index in [2.05, 4.69) is 53.5 Å². The van der Waals surface area contributed by atoms with E-state index in [4.69, 9.17) is 4.74 Å². The minimum atomic E-state index is 0.658. The molecule has 1 N–H and O–H groups in total. The van der Waals surface area contributed by atoms with Gasteiger partial charge in [0.25, 0.3) is 0 Å². The number of anilines is 1. The van der Waals surface area contributed by atoms with Gasteiger partial charge in [-0.2, -0.15) is 0 Å². The maximum absolute atomic E-state index is 5.04. The largest absolute Gasteiger partial charge is 0.383 e. The molecule has 118 valence electrons. The molecular formula is C17H29N3O. The number of nitrogens with one attached hydrogen (secondary N) is 1. The predicted molar refractivity (Wildman–Crippen MR) is 88.9 cm³/mol. The van der Waals surface area contributed by atoms with Crippen LogP contribution in [0.25, 0.3) is 0 Å². The summed E-state index contributed by atoms with van der Waals surface area (Å²) in [4.78, 5) is 4.85. The molecule has 4 heteroatoms. The Labute approximate surface area is 129 Å². The predicted octanol–water partition coefficient (Wildman–Crippen LogP) is 1.95. The lowest BCUT2D eigenvalue weighted by Crippen LogP contribution is -2.37. The van der Waals surface area contributed by atoms with Gasteiger partial charge in [0, 0.05) is 45.0 Å². The average Bonchev–Trinajstić information content (AvgIpc) is 2.92. The monoisotopic (exact) mass is 291 g/mol. The van der Waals surface area contributed by atoms with E-state index in [0.29, 0.717) is 6.04 Å². The molecule has 1 aromatic carbocycles. The third-order valence-corrected chi connectivity index (χ3v) is 4.03. The molecule has 1 unspecified atom stereocenters. The molecule has 1 saturated heterocycles. The van der Waals surface area contributed by atoms with E-state index in [9.17, 15) is 0 Å². The van der Waals surface area contributed by atoms with Crippen molar-refractivity contribution < 1.29 is 4.74 Å². The topological polar surface area (TPSA) is 27.7 Å². The van der Waals surface area contributed by atoms with E-state index in [1.807, 2.05) is 0 Å². The molecule has 2 rings (SSSR count). The normalized spacial score (nSPS) is 18.7. The number of likely N-dealkylation sites (N-methyl/N-ethyl adjacent to an activating group) is 1. The SMILES string of the molecule is COCCNCc1ccc(N2CCCC2CN(C)C)cc1. The van der Waals surface area contributed by atoms with Crippen LogP contribution in [0.2, 0.25) is 0 Å². The molecule has 0 saturated carbocycles. The summed E-state index contributed by atoms with van der Waals surface area (Å²) in [6.45, 7) is 4.89. The van der Waals surface area contributed by atoms with Crippen molar-refractivity contribution in [1.29, 1.82) is 0 Å². The Bertz CT molecular complexity index is 405. The van der Waals surface area contributed by atoms with Crippen molar-refractivity contribution in [1.82, 2.24) is 10.2 Å². The van der Waals surface area contributed by atoms with Crippen LogP contribution in [-0.4, -0.2) is 58.4 Å². The first-order valence-corrected chi connectivity index (χ1v) is 7.90. The molecule has 4 nitrogen and oxygen atoms in total. The van der Waals surface area contributed by atoms with E-state index in [0.717, 1.165) is 26.2 Å². The van der Waals surface area contributed by atoms with Crippen LogP contribution in [0, 0.1) is 0 Å². The zero-order valence-corrected chi connectivity index (χ0v) is 13.6. The van der Waals surface area contributed by atoms with E-state index in [1.54, 1.807) is 7.11 Å². The number of hydrogen-bond donors (Lipinski definition) is 1. The molecule has 1 fully saturated rings. The molecule has 0 aromatic heterocycles. The van der Waals surface area contributed by atoms with Crippen LogP contribution in [0.3, 0.4) is 0 Å². The van der Waals surface area contributed by atoms with Gasteiger partial charge in [0.1, 0.15) is 0 Å². The van der Waals surface area contributed by atoms with Gasteiger partial charge in [0.05, 0.1) is 6.61 Å². The Morgan fingerprint density at radius 1 is 1.29 bits per heavy atom. The number of ether oxygens (including phenoxy) is 1. The summed E-state index contributed by atoms with van der Waals surface area (Å²) in [6, 6.07) is 9.66. The quantitative estimate of drug-likeness (QED) is 0.741. The van der Waals surface area contributed by atoms with Gasteiger partial charge in [-0.25, -0.2) is 0 Å². The van der Waals surface area contributed by atoms with Gasteiger partial charge in [0.15, 0.2) is 0 Å². The molecule has 1 aliphatic rings. The van der Waals surface area contributed by atoms with Crippen molar-refractivity contribution in [2.24, 2.45) is 0 Å². The zero-order chi connectivity index (χ0) is 15.1. The Kier molecular flexibility index (Phi) is 6.49. The summed E-state index contributed by atoms with van der Waals surface area (Å²) in [5.41, 5.74) is 2.69. The van der Waals surface area contributed by atoms with Gasteiger partial charge in [-0.05, 0) is 44.6 Å². The molecule has 1 aromatic rings. The van der Waals surface area contributed by atoms with E-state index < -0.39 is 0 Å². The molecule has 0 radical (unpaired) electrons. The summed E-state index contributed by atoms with van der Waals surface area (Å²) < 4.78 is 5.04. The zero-order valence-electron chi connectivity index (χ0n) is 13.6. The lowest BCUT2D eigenvalue weighted by atomic mass is 10.1. The van der Waals surface area contributed by atoms with Gasteiger partial charge >= 0.3 is 0 Å². The van der Waals surface area contributed by atoms with Crippen LogP contribution in [-0.2, 0) is 11.3 Å². The molecule has 0 aliphatic carbocycles. The van der Waals surface area contributed by atoms with E-state index >= 15 is 0 Å². The van der Waals surface area contributed by atoms with E-state index in [1.165, 1.54) is 30.6 Å². The van der Waals surface area contributed by atoms with Crippen molar-refractivity contribution >= 4 is 5.69 Å². The van der Waals surface area contributed by atoms with Crippen LogP contribution in [0.1, 0.15) is 18.4 Å². The highest BCUT2D eigenvalue weighted by atomic mass is 16.5. The fraction of sp³-hybridized carbons (Fsp3) is 0.647. The third kappa shape index (κ3) is 4.99. The van der Waals surface area contributed by atoms with Gasteiger partial charge < -0.3 is 19.9 Å². The van der Waals surface area contributed by atoms with Crippen LogP contribution in [0.4, 0.5) is 5.69 Å². The highest BCUT2D eigenvalue weighted by Crippen LogP contribution is 2.26. The van der Waals surface area contributed by atoms with Crippen molar-refractivity contribution in [2.45, 2.75) is 25.4 Å². The second-order valence-electron chi connectivity index (χ2n) is 6.09. The first-order chi connectivity index (χ1) is 10.2. The second-order valence-corrected chi connectivity index (χ2v) is 6.09. The summed E-state index contributed by atoms with van der Waals surface area (Å²) in [6.07, 6.45) is 2.61. The summed E-state index contributed by atoms with van der Waals surface area (Å²) in [7, 11) is 6.05. The second kappa shape index (κ2) is 8.37. The molecule has 21 heavy (non-hydrogen) atoms. The first kappa shape index (κ1) is 16.3. The molecule has 0 spiro atoms. The Hall–Kier alpha value is -1.10. The van der Waals surface area contributed by atoms with Gasteiger partial charge in [-0.1, -0.05) is 12.1 Å². The summed E-state index contributed by atoms with van der Waals surface area (Å²) >= 11 is 0. The lowest BCUT2D eigenvalue weighted by molar-refractivity contribution is 0.199. The minimum Gasteiger partial charge on any atom is -0.383 e. The van der Waals surface area contributed by atoms with Crippen molar-refractivity contribution in [2.75, 3.05) is 52.3 Å². The molecule has 0 bridgehead atoms. The standard InChI is InChI=1S/C17H29N3O/c1-19(2)14-17-5-4-11-20(17)16-8-6-15(7-9-16)13-18-10-12-21-3/h6-9,17-18H,4-5,10-14H2,1-3H3. The smallest absolute Gasteiger partial charge is 0.0587 e. The van der Waals surface area contributed by atoms with Crippen LogP contribution in [0.15, 0.2) is 24.3 Å². The lowest BCUT2D eigenvalue weighted by Gasteiger charge is -2.29. The Morgan fingerprint density at radius 3 is 2.71 bits per heavy atom. The molecule has 0 amide bonds. The summed E-state index contributed by atoms with van der Waals surface area (Å²) in [5, 5.41) is 3.38. The van der Waals surface area contributed by atoms with Gasteiger partial charge in [0.2, 0.25) is 0 Å². The number of methoxy groups -OCH3 is 1. The fourth-order valence-corrected chi connectivity index (χ4v) is 3.00. The average molecular weight is 291 g/mol. The van der Waals surface area contributed by atoms with Crippen molar-refractivity contribution in [3.63, 3.8) is 0 Å². The minimum absolute atomic E-state index is 0.658. The number of benzene rings is 1. The highest BCUT2D eigenvalue weighted by Gasteiger charge is 2.24. The summed E-state index contributed by atoms with van der Waals surface area (Å²) in [5.74, 6) is 0. The third-order valence-electron chi connectivity index (χ3n) is 4.03. The maximum Gasteiger partial charge on any atom is 0.0587 e. The van der Waals surface area contributed by atoms with Crippen LogP contribution < -0.4 is 10.2 Å². The van der Waals surface area contributed by atoms with Crippen molar-refractivity contribution in [3.8, 4) is 0 Å². The number of rotatable bonds is 8. The fourth-order valence-electron chi connectivity index (χ4n) is 3.00. The van der Waals surface area contributed by atoms with Gasteiger partial charge in [-0.3, -0.25) is 0 Å². The number of hydrogen-bond acceptors (Lipinski definition) is 4. The molecule has 1 heterocycles. The molecular weight excluding hydrogens is 262 g/mol. The van der Waals surface area contributed by atoms with Crippen LogP contribution >= 0.6 is 0 Å². The molecule has 1 aliphatic heterocycles. The molecule has 1 atom stereocenters. The van der Waals surface area contributed by atoms with Crippen LogP contribution in [0.5, 0.6) is 0 Å². The van der Waals surface area contributed by atoms with Gasteiger partial charge in [-0.15, -0.1) is 0 Å².